The number of para-hydroxylation sites is 2. The summed E-state index contributed by atoms with van der Waals surface area (Å²) in [7, 11) is 2.05. The Morgan fingerprint density at radius 1 is 0.533 bits per heavy atom. The van der Waals surface area contributed by atoms with E-state index in [9.17, 15) is 39.0 Å². The van der Waals surface area contributed by atoms with Gasteiger partial charge in [-0.1, -0.05) is 101 Å². The summed E-state index contributed by atoms with van der Waals surface area (Å²) in [6, 6.07) is 11.0. The van der Waals surface area contributed by atoms with E-state index in [0.29, 0.717) is 45.4 Å². The van der Waals surface area contributed by atoms with E-state index < -0.39 is 199 Å². The number of aliphatic carboxylic acids is 2. The average Bonchev–Trinajstić information content (AvgIpc) is 1.73. The van der Waals surface area contributed by atoms with Gasteiger partial charge in [-0.15, -0.1) is 11.8 Å². The van der Waals surface area contributed by atoms with E-state index in [2.05, 4.69) is 62.1 Å². The number of amides is 8. The molecule has 3 aromatic heterocycles. The molecule has 12 N–H and O–H groups in total. The van der Waals surface area contributed by atoms with Crippen molar-refractivity contribution in [2.24, 2.45) is 28.7 Å². The van der Waals surface area contributed by atoms with E-state index in [1.807, 2.05) is 18.2 Å². The molecule has 32 heteroatoms. The fourth-order valence-corrected chi connectivity index (χ4v) is 16.8. The molecule has 0 spiro atoms. The molecule has 4 aliphatic rings. The van der Waals surface area contributed by atoms with Gasteiger partial charge < -0.3 is 67.3 Å². The third-order valence-electron chi connectivity index (χ3n) is 19.0. The molecule has 105 heavy (non-hydrogen) atoms. The fourth-order valence-electron chi connectivity index (χ4n) is 13.1. The number of H-pyrrole nitrogens is 3. The number of carbonyl (C=O) groups excluding carboxylic acids is 12. The first kappa shape index (κ1) is 77.4. The van der Waals surface area contributed by atoms with Crippen molar-refractivity contribution < 1.29 is 77.3 Å². The lowest BCUT2D eigenvalue weighted by Gasteiger charge is -2.30. The lowest BCUT2D eigenvalue weighted by atomic mass is 9.82. The smallest absolute Gasteiger partial charge is 0.305 e. The van der Waals surface area contributed by atoms with Crippen LogP contribution < -0.4 is 37.2 Å². The number of ketones is 4. The third-order valence-corrected chi connectivity index (χ3v) is 22.5. The van der Waals surface area contributed by atoms with E-state index in [-0.39, 0.29) is 55.2 Å². The Kier molecular flexibility index (Phi) is 26.9. The summed E-state index contributed by atoms with van der Waals surface area (Å²) in [6.07, 6.45) is 4.85. The van der Waals surface area contributed by atoms with Crippen LogP contribution >= 0.6 is 33.3 Å². The zero-order valence-corrected chi connectivity index (χ0v) is 60.0. The topological polar surface area (TPSA) is 440 Å². The van der Waals surface area contributed by atoms with Crippen molar-refractivity contribution in [2.45, 2.75) is 146 Å². The minimum absolute atomic E-state index is 0.00525. The van der Waals surface area contributed by atoms with E-state index in [1.54, 1.807) is 85.3 Å². The maximum absolute atomic E-state index is 15.6. The zero-order valence-electron chi connectivity index (χ0n) is 57.6. The van der Waals surface area contributed by atoms with E-state index in [0.717, 1.165) is 32.5 Å². The van der Waals surface area contributed by atoms with Gasteiger partial charge in [-0.05, 0) is 48.6 Å². The molecule has 4 aliphatic heterocycles. The lowest BCUT2D eigenvalue weighted by molar-refractivity contribution is -0.142. The van der Waals surface area contributed by atoms with Crippen LogP contribution in [0.4, 0.5) is 0 Å². The van der Waals surface area contributed by atoms with Gasteiger partial charge in [0, 0.05) is 157 Å². The molecule has 7 heterocycles. The molecule has 29 nitrogen and oxygen atoms in total. The number of fused-ring (bicyclic) bond motifs is 8. The molecule has 12 atom stereocenters. The highest BCUT2D eigenvalue weighted by atomic mass is 33.1. The summed E-state index contributed by atoms with van der Waals surface area (Å²) in [5.74, 6) is -18.6. The number of rotatable bonds is 15. The van der Waals surface area contributed by atoms with Crippen molar-refractivity contribution in [2.75, 3.05) is 23.1 Å². The molecule has 0 radical (unpaired) electrons. The van der Waals surface area contributed by atoms with Crippen LogP contribution in [0.15, 0.2) is 121 Å². The minimum Gasteiger partial charge on any atom is -0.481 e. The van der Waals surface area contributed by atoms with Gasteiger partial charge in [0.15, 0.2) is 5.78 Å². The maximum atomic E-state index is 15.6. The molecule has 0 aliphatic carbocycles. The molecular weight excluding hydrogens is 1410 g/mol. The monoisotopic (exact) mass is 1490 g/mol. The quantitative estimate of drug-likeness (QED) is 0.0651. The molecule has 0 unspecified atom stereocenters. The third kappa shape index (κ3) is 21.0. The number of benzene rings is 3. The number of aliphatic imine (C=N–C) groups is 1. The van der Waals surface area contributed by atoms with Gasteiger partial charge in [0.2, 0.25) is 47.3 Å². The van der Waals surface area contributed by atoms with Crippen LogP contribution in [0.1, 0.15) is 94.0 Å². The number of hydrogen-bond donors (Lipinski definition) is 12. The molecule has 10 rings (SSSR count). The van der Waals surface area contributed by atoms with Crippen LogP contribution in [0.5, 0.6) is 0 Å². The van der Waals surface area contributed by atoms with Crippen LogP contribution in [0, 0.1) is 23.7 Å². The Hall–Kier alpha value is -10.2. The Morgan fingerprint density at radius 2 is 1.13 bits per heavy atom. The van der Waals surface area contributed by atoms with Crippen LogP contribution in [0.2, 0.25) is 0 Å². The van der Waals surface area contributed by atoms with Crippen LogP contribution in [0.25, 0.3) is 21.8 Å². The number of imidazole rings is 1. The Bertz CT molecular complexity index is 4310. The van der Waals surface area contributed by atoms with Crippen LogP contribution in [-0.4, -0.2) is 195 Å². The van der Waals surface area contributed by atoms with Crippen molar-refractivity contribution in [3.63, 3.8) is 0 Å². The van der Waals surface area contributed by atoms with Crippen molar-refractivity contribution in [1.29, 1.82) is 0 Å². The van der Waals surface area contributed by atoms with E-state index in [4.69, 9.17) is 0 Å². The number of aromatic amines is 3. The molecule has 6 aromatic rings. The van der Waals surface area contributed by atoms with Gasteiger partial charge in [0.25, 0.3) is 0 Å². The molecule has 2 bridgehead atoms. The second-order valence-corrected chi connectivity index (χ2v) is 30.3. The zero-order chi connectivity index (χ0) is 74.8. The number of thioether (sulfide) groups is 1. The van der Waals surface area contributed by atoms with E-state index >= 15 is 38.4 Å². The van der Waals surface area contributed by atoms with Gasteiger partial charge in [0.05, 0.1) is 30.4 Å². The first-order chi connectivity index (χ1) is 50.4. The van der Waals surface area contributed by atoms with Crippen molar-refractivity contribution in [1.82, 2.24) is 62.1 Å². The number of nitrogens with one attached hydrogen (secondary N) is 10. The highest BCUT2D eigenvalue weighted by Crippen LogP contribution is 2.33. The van der Waals surface area contributed by atoms with Crippen molar-refractivity contribution in [3.05, 3.63) is 138 Å². The summed E-state index contributed by atoms with van der Waals surface area (Å²) in [4.78, 5) is 223. The number of hydrogen-bond acceptors (Lipinski definition) is 19. The lowest BCUT2D eigenvalue weighted by Crippen LogP contribution is -2.61. The molecule has 3 aromatic carbocycles. The van der Waals surface area contributed by atoms with Gasteiger partial charge in [-0.2, -0.15) is 0 Å². The van der Waals surface area contributed by atoms with Gasteiger partial charge in [-0.3, -0.25) is 72.1 Å². The van der Waals surface area contributed by atoms with Crippen LogP contribution in [-0.2, 0) is 92.8 Å². The normalized spacial score (nSPS) is 26.0. The predicted molar refractivity (Wildman–Crippen MR) is 392 cm³/mol. The summed E-state index contributed by atoms with van der Waals surface area (Å²) in [5.41, 5.74) is 3.93. The number of carboxylic acid groups (broad SMARTS) is 2. The second kappa shape index (κ2) is 36.5. The number of carbonyl (C=O) groups is 14. The molecule has 0 saturated carbocycles. The van der Waals surface area contributed by atoms with Gasteiger partial charge in [0.1, 0.15) is 59.6 Å². The maximum Gasteiger partial charge on any atom is 0.305 e. The number of Topliss-reactive ketones (excluding diaryl/α,β-unsaturated/α-hetero) is 4. The number of aromatic nitrogens is 4. The molecule has 3 saturated heterocycles. The highest BCUT2D eigenvalue weighted by molar-refractivity contribution is 8.76. The number of nitrogens with zero attached hydrogens (tertiary/aromatic N) is 3. The molecular formula is C73H83N13O16S3. The first-order valence-electron chi connectivity index (χ1n) is 34.6. The Balaban J connectivity index is 1.08. The summed E-state index contributed by atoms with van der Waals surface area (Å²) in [5, 5.41) is 40.0. The standard InChI is InChI=1S/C73H83N13O16S3/c1-39-21-61(88)46-27-62(89)43(23-44-31-76-51-16-8-6-14-49(44)51)26-63(90)53(28-47-13-10-20-75-47)80-69(98)54(22-41-11-4-3-5-12-41)83-71(100)56(29-48-33-74-37-78-48)84-72(101)59-36-103-38-86(59)73(102)58(35-105-104-34-46)85-70(99)55(24-45-32-77-52-17-9-7-15-50(45)52)81-66(95)40(2)79-68(97)57(30-65(93)94)82-67(96)42(25-60(39)87)18-19-64(91)92/h3-9,11-17,20,31-33,37,39-40,42-43,46,53-59,76-77H,10,18-19,21-30,34-36,38H2,1-2H3,(H,74,78)(H,79,97)(H,80,98)(H,81,95)(H,82,96)(H,83,100)(H,84,101)(H,85,99)(H,91,92)(H,93,94)/t39-,40+,42-,43-,46+,53+,54-,55+,56+,57+,58+,59+/m1/s1. The Labute approximate surface area is 615 Å². The average molecular weight is 1490 g/mol. The summed E-state index contributed by atoms with van der Waals surface area (Å²) < 4.78 is 0. The summed E-state index contributed by atoms with van der Waals surface area (Å²) >= 11 is 1.20. The van der Waals surface area contributed by atoms with Gasteiger partial charge in [-0.25, -0.2) is 4.98 Å². The molecule has 8 amide bonds. The molecule has 3 fully saturated rings. The number of carboxylic acids is 2. The van der Waals surface area contributed by atoms with Crippen LogP contribution in [0.3, 0.4) is 0 Å². The summed E-state index contributed by atoms with van der Waals surface area (Å²) in [6.45, 7) is 2.64. The molecule has 554 valence electrons. The largest absolute Gasteiger partial charge is 0.481 e. The minimum atomic E-state index is -1.92. The SMILES string of the molecule is C[C@@H]1CC(=O)[C@@H]2CSSC[C@H](NC(=O)[C@H](Cc3c[nH]c4ccccc34)NC(=O)[C@H](C)NC(=O)[C@H](CC(=O)O)NC(=O)[C@H](CCC(=O)O)CC1=O)C(=O)N1CSC[C@H]1C(=O)N[C@@H](Cc1c[nH]cn1)C(=O)N[C@H](Cc1ccccc1)C(=O)N[C@@H](CC1=CCC=N1)C(=O)C[C@@H](Cc1c[nH]c3ccccc13)C(=O)C2. The fraction of sp³-hybridized carbons (Fsp3) is 0.425. The second-order valence-electron chi connectivity index (χ2n) is 26.7. The van der Waals surface area contributed by atoms with Crippen molar-refractivity contribution in [3.8, 4) is 0 Å². The first-order valence-corrected chi connectivity index (χ1v) is 38.2. The van der Waals surface area contributed by atoms with Crippen molar-refractivity contribution >= 4 is 144 Å². The number of allylic oxidation sites excluding steroid dienone is 1. The van der Waals surface area contributed by atoms with E-state index in [1.165, 1.54) is 43.0 Å². The van der Waals surface area contributed by atoms with Gasteiger partial charge >= 0.3 is 11.9 Å². The predicted octanol–water partition coefficient (Wildman–Crippen LogP) is 3.78. The Morgan fingerprint density at radius 3 is 1.80 bits per heavy atom. The highest BCUT2D eigenvalue weighted by Gasteiger charge is 2.43.